The van der Waals surface area contributed by atoms with Crippen LogP contribution in [-0.4, -0.2) is 35.8 Å². The van der Waals surface area contributed by atoms with Gasteiger partial charge in [0.1, 0.15) is 5.82 Å². The van der Waals surface area contributed by atoms with E-state index in [-0.39, 0.29) is 6.10 Å². The molecule has 1 aromatic carbocycles. The minimum absolute atomic E-state index is 0.282. The van der Waals surface area contributed by atoms with Crippen molar-refractivity contribution >= 4 is 11.8 Å². The van der Waals surface area contributed by atoms with E-state index in [4.69, 9.17) is 9.72 Å². The summed E-state index contributed by atoms with van der Waals surface area (Å²) in [5.41, 5.74) is 2.26. The van der Waals surface area contributed by atoms with E-state index in [9.17, 15) is 0 Å². The SMILES string of the molecule is CCN(Cc1ccccc1)c1cc(C)nc(NCC2CCCO2)n1. The summed E-state index contributed by atoms with van der Waals surface area (Å²) < 4.78 is 5.65. The van der Waals surface area contributed by atoms with Crippen molar-refractivity contribution in [1.29, 1.82) is 0 Å². The number of rotatable bonds is 7. The van der Waals surface area contributed by atoms with Crippen LogP contribution in [0, 0.1) is 6.92 Å². The molecule has 0 radical (unpaired) electrons. The summed E-state index contributed by atoms with van der Waals surface area (Å²) in [7, 11) is 0. The maximum absolute atomic E-state index is 5.65. The lowest BCUT2D eigenvalue weighted by molar-refractivity contribution is 0.120. The zero-order valence-electron chi connectivity index (χ0n) is 14.5. The van der Waals surface area contributed by atoms with E-state index in [1.54, 1.807) is 0 Å². The summed E-state index contributed by atoms with van der Waals surface area (Å²) in [5, 5.41) is 3.34. The fourth-order valence-electron chi connectivity index (χ4n) is 2.96. The second kappa shape index (κ2) is 8.11. The second-order valence-corrected chi connectivity index (χ2v) is 6.21. The van der Waals surface area contributed by atoms with Crippen LogP contribution in [0.1, 0.15) is 31.0 Å². The molecule has 24 heavy (non-hydrogen) atoms. The quantitative estimate of drug-likeness (QED) is 0.845. The van der Waals surface area contributed by atoms with Gasteiger partial charge in [-0.15, -0.1) is 0 Å². The molecule has 1 fully saturated rings. The van der Waals surface area contributed by atoms with Gasteiger partial charge in [0.15, 0.2) is 0 Å². The van der Waals surface area contributed by atoms with E-state index in [2.05, 4.69) is 46.4 Å². The molecule has 2 heterocycles. The van der Waals surface area contributed by atoms with E-state index in [0.29, 0.717) is 5.95 Å². The number of nitrogens with one attached hydrogen (secondary N) is 1. The summed E-state index contributed by atoms with van der Waals surface area (Å²) in [5.74, 6) is 1.65. The van der Waals surface area contributed by atoms with Crippen LogP contribution in [0.15, 0.2) is 36.4 Å². The first-order valence-electron chi connectivity index (χ1n) is 8.74. The van der Waals surface area contributed by atoms with Gasteiger partial charge in [-0.3, -0.25) is 0 Å². The van der Waals surface area contributed by atoms with Crippen LogP contribution in [0.2, 0.25) is 0 Å². The number of aryl methyl sites for hydroxylation is 1. The van der Waals surface area contributed by atoms with Crippen molar-refractivity contribution in [2.75, 3.05) is 29.9 Å². The van der Waals surface area contributed by atoms with Crippen molar-refractivity contribution in [3.8, 4) is 0 Å². The smallest absolute Gasteiger partial charge is 0.224 e. The minimum atomic E-state index is 0.282. The number of aromatic nitrogens is 2. The molecule has 0 saturated carbocycles. The molecule has 1 aliphatic heterocycles. The van der Waals surface area contributed by atoms with Crippen LogP contribution in [0.3, 0.4) is 0 Å². The number of ether oxygens (including phenoxy) is 1. The van der Waals surface area contributed by atoms with Crippen molar-refractivity contribution in [3.63, 3.8) is 0 Å². The third-order valence-electron chi connectivity index (χ3n) is 4.27. The summed E-state index contributed by atoms with van der Waals surface area (Å²) in [6.45, 7) is 7.55. The second-order valence-electron chi connectivity index (χ2n) is 6.21. The van der Waals surface area contributed by atoms with Crippen molar-refractivity contribution < 1.29 is 4.74 Å². The molecular formula is C19H26N4O. The first-order valence-corrected chi connectivity index (χ1v) is 8.74. The monoisotopic (exact) mass is 326 g/mol. The summed E-state index contributed by atoms with van der Waals surface area (Å²) in [6.07, 6.45) is 2.54. The van der Waals surface area contributed by atoms with Gasteiger partial charge in [0, 0.05) is 38.0 Å². The Morgan fingerprint density at radius 3 is 2.79 bits per heavy atom. The van der Waals surface area contributed by atoms with Crippen LogP contribution < -0.4 is 10.2 Å². The van der Waals surface area contributed by atoms with Gasteiger partial charge < -0.3 is 15.0 Å². The van der Waals surface area contributed by atoms with Crippen LogP contribution in [0.4, 0.5) is 11.8 Å². The normalized spacial score (nSPS) is 17.0. The Labute approximate surface area is 144 Å². The molecule has 1 unspecified atom stereocenters. The number of hydrogen-bond donors (Lipinski definition) is 1. The van der Waals surface area contributed by atoms with Crippen LogP contribution >= 0.6 is 0 Å². The average molecular weight is 326 g/mol. The van der Waals surface area contributed by atoms with Gasteiger partial charge in [0.25, 0.3) is 0 Å². The Bertz CT molecular complexity index is 641. The molecule has 0 amide bonds. The Morgan fingerprint density at radius 2 is 2.08 bits per heavy atom. The minimum Gasteiger partial charge on any atom is -0.376 e. The molecule has 1 N–H and O–H groups in total. The first kappa shape index (κ1) is 16.7. The van der Waals surface area contributed by atoms with Gasteiger partial charge in [0.2, 0.25) is 5.95 Å². The molecule has 0 spiro atoms. The number of hydrogen-bond acceptors (Lipinski definition) is 5. The topological polar surface area (TPSA) is 50.3 Å². The van der Waals surface area contributed by atoms with Crippen LogP contribution in [0.5, 0.6) is 0 Å². The fraction of sp³-hybridized carbons (Fsp3) is 0.474. The van der Waals surface area contributed by atoms with Crippen molar-refractivity contribution in [2.45, 2.75) is 39.3 Å². The molecule has 3 rings (SSSR count). The van der Waals surface area contributed by atoms with Crippen LogP contribution in [-0.2, 0) is 11.3 Å². The molecule has 0 bridgehead atoms. The van der Waals surface area contributed by atoms with Gasteiger partial charge >= 0.3 is 0 Å². The molecule has 128 valence electrons. The van der Waals surface area contributed by atoms with Gasteiger partial charge in [0.05, 0.1) is 6.10 Å². The third kappa shape index (κ3) is 4.45. The molecule has 1 aromatic heterocycles. The van der Waals surface area contributed by atoms with Crippen molar-refractivity contribution in [2.24, 2.45) is 0 Å². The Hall–Kier alpha value is -2.14. The standard InChI is InChI=1S/C19H26N4O/c1-3-23(14-16-8-5-4-6-9-16)18-12-15(2)21-19(22-18)20-13-17-10-7-11-24-17/h4-6,8-9,12,17H,3,7,10-11,13-14H2,1-2H3,(H,20,21,22). The van der Waals surface area contributed by atoms with E-state index in [1.165, 1.54) is 5.56 Å². The van der Waals surface area contributed by atoms with Gasteiger partial charge in [-0.25, -0.2) is 4.98 Å². The number of nitrogens with zero attached hydrogens (tertiary/aromatic N) is 3. The van der Waals surface area contributed by atoms with Crippen molar-refractivity contribution in [3.05, 3.63) is 47.7 Å². The molecule has 1 aliphatic rings. The highest BCUT2D eigenvalue weighted by Crippen LogP contribution is 2.18. The predicted molar refractivity (Wildman–Crippen MR) is 97.4 cm³/mol. The highest BCUT2D eigenvalue weighted by Gasteiger charge is 2.16. The zero-order chi connectivity index (χ0) is 16.8. The maximum atomic E-state index is 5.65. The van der Waals surface area contributed by atoms with E-state index >= 15 is 0 Å². The fourth-order valence-corrected chi connectivity index (χ4v) is 2.96. The average Bonchev–Trinajstić information content (AvgIpc) is 3.12. The van der Waals surface area contributed by atoms with Crippen molar-refractivity contribution in [1.82, 2.24) is 9.97 Å². The molecule has 5 nitrogen and oxygen atoms in total. The van der Waals surface area contributed by atoms with E-state index in [1.807, 2.05) is 19.1 Å². The summed E-state index contributed by atoms with van der Waals surface area (Å²) in [4.78, 5) is 11.5. The van der Waals surface area contributed by atoms with Gasteiger partial charge in [-0.2, -0.15) is 4.98 Å². The maximum Gasteiger partial charge on any atom is 0.224 e. The Balaban J connectivity index is 1.70. The lowest BCUT2D eigenvalue weighted by Crippen LogP contribution is -2.25. The van der Waals surface area contributed by atoms with Gasteiger partial charge in [-0.05, 0) is 32.3 Å². The lowest BCUT2D eigenvalue weighted by Gasteiger charge is -2.23. The highest BCUT2D eigenvalue weighted by atomic mass is 16.5. The number of anilines is 2. The Kier molecular flexibility index (Phi) is 5.64. The van der Waals surface area contributed by atoms with E-state index in [0.717, 1.165) is 50.6 Å². The molecule has 1 atom stereocenters. The molecular weight excluding hydrogens is 300 g/mol. The van der Waals surface area contributed by atoms with E-state index < -0.39 is 0 Å². The lowest BCUT2D eigenvalue weighted by atomic mass is 10.2. The zero-order valence-corrected chi connectivity index (χ0v) is 14.5. The molecule has 2 aromatic rings. The molecule has 5 heteroatoms. The number of benzene rings is 1. The summed E-state index contributed by atoms with van der Waals surface area (Å²) in [6, 6.07) is 12.5. The molecule has 1 saturated heterocycles. The third-order valence-corrected chi connectivity index (χ3v) is 4.27. The Morgan fingerprint density at radius 1 is 1.25 bits per heavy atom. The predicted octanol–water partition coefficient (Wildman–Crippen LogP) is 3.40. The highest BCUT2D eigenvalue weighted by molar-refractivity contribution is 5.45. The summed E-state index contributed by atoms with van der Waals surface area (Å²) >= 11 is 0. The van der Waals surface area contributed by atoms with Gasteiger partial charge in [-0.1, -0.05) is 30.3 Å². The first-order chi connectivity index (χ1) is 11.7. The van der Waals surface area contributed by atoms with Crippen LogP contribution in [0.25, 0.3) is 0 Å². The molecule has 0 aliphatic carbocycles. The largest absolute Gasteiger partial charge is 0.376 e.